The lowest BCUT2D eigenvalue weighted by Gasteiger charge is -2.10. The van der Waals surface area contributed by atoms with Crippen LogP contribution in [0.2, 0.25) is 5.02 Å². The normalized spacial score (nSPS) is 10.6. The number of hydrogen-bond acceptors (Lipinski definition) is 4. The van der Waals surface area contributed by atoms with Crippen LogP contribution < -0.4 is 5.32 Å². The number of rotatable bonds is 7. The third-order valence-electron chi connectivity index (χ3n) is 3.51. The Bertz CT molecular complexity index is 837. The maximum atomic E-state index is 12.0. The minimum absolute atomic E-state index is 0.0391. The lowest BCUT2D eigenvalue weighted by Crippen LogP contribution is -2.27. The molecule has 0 radical (unpaired) electrons. The molecule has 6 nitrogen and oxygen atoms in total. The summed E-state index contributed by atoms with van der Waals surface area (Å²) in [4.78, 5) is 16.3. The first-order chi connectivity index (χ1) is 12.2. The Morgan fingerprint density at radius 3 is 2.76 bits per heavy atom. The van der Waals surface area contributed by atoms with E-state index in [9.17, 15) is 4.79 Å². The first kappa shape index (κ1) is 17.1. The number of pyridine rings is 1. The number of carbonyl (C=O) groups is 1. The van der Waals surface area contributed by atoms with Gasteiger partial charge in [-0.15, -0.1) is 0 Å². The molecule has 128 valence electrons. The molecular formula is C18H17ClN4O2. The Hall–Kier alpha value is -2.70. The van der Waals surface area contributed by atoms with Crippen LogP contribution in [0.4, 0.5) is 0 Å². The van der Waals surface area contributed by atoms with E-state index in [1.54, 1.807) is 29.3 Å². The Morgan fingerprint density at radius 1 is 1.12 bits per heavy atom. The van der Waals surface area contributed by atoms with Crippen LogP contribution in [-0.2, 0) is 22.7 Å². The molecule has 3 rings (SSSR count). The summed E-state index contributed by atoms with van der Waals surface area (Å²) in [5, 5.41) is 7.62. The summed E-state index contributed by atoms with van der Waals surface area (Å²) in [5.41, 5.74) is 1.72. The molecule has 0 bridgehead atoms. The van der Waals surface area contributed by atoms with Crippen LogP contribution in [0.15, 0.2) is 61.1 Å². The maximum Gasteiger partial charge on any atom is 0.246 e. The van der Waals surface area contributed by atoms with Crippen molar-refractivity contribution in [3.63, 3.8) is 0 Å². The number of amides is 1. The summed E-state index contributed by atoms with van der Waals surface area (Å²) in [5.74, 6) is 0.479. The number of halogens is 1. The van der Waals surface area contributed by atoms with E-state index in [-0.39, 0.29) is 12.5 Å². The molecule has 0 aliphatic heterocycles. The number of aromatic nitrogens is 3. The van der Waals surface area contributed by atoms with E-state index in [1.165, 1.54) is 0 Å². The van der Waals surface area contributed by atoms with E-state index in [1.807, 2.05) is 36.4 Å². The fourth-order valence-electron chi connectivity index (χ4n) is 2.28. The monoisotopic (exact) mass is 356 g/mol. The number of carbonyl (C=O) groups excluding carboxylic acids is 1. The highest BCUT2D eigenvalue weighted by molar-refractivity contribution is 6.31. The second-order valence-electron chi connectivity index (χ2n) is 5.30. The van der Waals surface area contributed by atoms with Gasteiger partial charge in [0.05, 0.1) is 6.61 Å². The van der Waals surface area contributed by atoms with E-state index >= 15 is 0 Å². The van der Waals surface area contributed by atoms with E-state index in [4.69, 9.17) is 16.3 Å². The van der Waals surface area contributed by atoms with Crippen LogP contribution in [0.3, 0.4) is 0 Å². The van der Waals surface area contributed by atoms with Gasteiger partial charge in [0.2, 0.25) is 5.91 Å². The van der Waals surface area contributed by atoms with Crippen molar-refractivity contribution in [3.8, 4) is 5.82 Å². The molecule has 0 atom stereocenters. The number of ether oxygens (including phenoxy) is 1. The van der Waals surface area contributed by atoms with Crippen molar-refractivity contribution in [2.45, 2.75) is 13.2 Å². The van der Waals surface area contributed by atoms with E-state index in [0.717, 1.165) is 11.1 Å². The van der Waals surface area contributed by atoms with Gasteiger partial charge >= 0.3 is 0 Å². The molecule has 0 unspecified atom stereocenters. The maximum absolute atomic E-state index is 12.0. The molecule has 0 aliphatic carbocycles. The van der Waals surface area contributed by atoms with Gasteiger partial charge < -0.3 is 10.1 Å². The molecule has 2 aromatic heterocycles. The largest absolute Gasteiger partial charge is 0.367 e. The third kappa shape index (κ3) is 4.65. The van der Waals surface area contributed by atoms with Crippen molar-refractivity contribution in [1.82, 2.24) is 20.1 Å². The zero-order valence-electron chi connectivity index (χ0n) is 13.4. The fraction of sp³-hybridized carbons (Fsp3) is 0.167. The van der Waals surface area contributed by atoms with Crippen LogP contribution in [0.25, 0.3) is 5.82 Å². The number of hydrogen-bond donors (Lipinski definition) is 1. The van der Waals surface area contributed by atoms with Gasteiger partial charge in [0.1, 0.15) is 6.61 Å². The summed E-state index contributed by atoms with van der Waals surface area (Å²) in [6, 6.07) is 12.9. The second kappa shape index (κ2) is 8.41. The summed E-state index contributed by atoms with van der Waals surface area (Å²) in [6.45, 7) is 0.596. The van der Waals surface area contributed by atoms with Crippen LogP contribution in [-0.4, -0.2) is 27.3 Å². The number of nitrogens with one attached hydrogen (secondary N) is 1. The summed E-state index contributed by atoms with van der Waals surface area (Å²) in [7, 11) is 0. The third-order valence-corrected chi connectivity index (χ3v) is 3.88. The zero-order chi connectivity index (χ0) is 17.5. The SMILES string of the molecule is O=C(COCc1ccccc1Cl)NCc1cccnc1-n1cccn1. The molecule has 0 saturated heterocycles. The van der Waals surface area contributed by atoms with Crippen molar-refractivity contribution in [1.29, 1.82) is 0 Å². The minimum Gasteiger partial charge on any atom is -0.367 e. The highest BCUT2D eigenvalue weighted by atomic mass is 35.5. The first-order valence-electron chi connectivity index (χ1n) is 7.76. The molecule has 2 heterocycles. The molecule has 0 saturated carbocycles. The molecule has 1 amide bonds. The molecular weight excluding hydrogens is 340 g/mol. The van der Waals surface area contributed by atoms with Crippen molar-refractivity contribution in [2.75, 3.05) is 6.61 Å². The lowest BCUT2D eigenvalue weighted by molar-refractivity contribution is -0.126. The van der Waals surface area contributed by atoms with Crippen LogP contribution in [0.5, 0.6) is 0 Å². The van der Waals surface area contributed by atoms with Crippen molar-refractivity contribution < 1.29 is 9.53 Å². The lowest BCUT2D eigenvalue weighted by atomic mass is 10.2. The highest BCUT2D eigenvalue weighted by Gasteiger charge is 2.08. The highest BCUT2D eigenvalue weighted by Crippen LogP contribution is 2.15. The summed E-state index contributed by atoms with van der Waals surface area (Å²) >= 11 is 6.05. The van der Waals surface area contributed by atoms with Gasteiger partial charge in [-0.2, -0.15) is 5.10 Å². The predicted octanol–water partition coefficient (Wildman–Crippen LogP) is 2.75. The molecule has 1 N–H and O–H groups in total. The average molecular weight is 357 g/mol. The van der Waals surface area contributed by atoms with Gasteiger partial charge in [0.15, 0.2) is 5.82 Å². The molecule has 25 heavy (non-hydrogen) atoms. The van der Waals surface area contributed by atoms with Gasteiger partial charge in [-0.05, 0) is 23.8 Å². The second-order valence-corrected chi connectivity index (χ2v) is 5.70. The standard InChI is InChI=1S/C18H17ClN4O2/c19-16-7-2-1-5-15(16)12-25-13-17(24)21-11-14-6-3-8-20-18(14)23-10-4-9-22-23/h1-10H,11-13H2,(H,21,24). The van der Waals surface area contributed by atoms with Crippen molar-refractivity contribution in [2.24, 2.45) is 0 Å². The van der Waals surface area contributed by atoms with Gasteiger partial charge in [0, 0.05) is 35.7 Å². The Kier molecular flexibility index (Phi) is 5.77. The molecule has 7 heteroatoms. The van der Waals surface area contributed by atoms with E-state index < -0.39 is 0 Å². The summed E-state index contributed by atoms with van der Waals surface area (Å²) in [6.07, 6.45) is 5.18. The molecule has 1 aromatic carbocycles. The predicted molar refractivity (Wildman–Crippen MR) is 94.3 cm³/mol. The average Bonchev–Trinajstić information content (AvgIpc) is 3.16. The summed E-state index contributed by atoms with van der Waals surface area (Å²) < 4.78 is 7.09. The minimum atomic E-state index is -0.206. The van der Waals surface area contributed by atoms with Crippen LogP contribution in [0.1, 0.15) is 11.1 Å². The zero-order valence-corrected chi connectivity index (χ0v) is 14.2. The molecule has 0 spiro atoms. The number of nitrogens with zero attached hydrogens (tertiary/aromatic N) is 3. The van der Waals surface area contributed by atoms with E-state index in [0.29, 0.717) is 24.0 Å². The van der Waals surface area contributed by atoms with E-state index in [2.05, 4.69) is 15.4 Å². The quantitative estimate of drug-likeness (QED) is 0.706. The van der Waals surface area contributed by atoms with Gasteiger partial charge in [-0.1, -0.05) is 35.9 Å². The van der Waals surface area contributed by atoms with Gasteiger partial charge in [-0.25, -0.2) is 9.67 Å². The molecule has 0 aliphatic rings. The Balaban J connectivity index is 1.51. The number of benzene rings is 1. The smallest absolute Gasteiger partial charge is 0.246 e. The molecule has 0 fully saturated rings. The van der Waals surface area contributed by atoms with Crippen molar-refractivity contribution >= 4 is 17.5 Å². The van der Waals surface area contributed by atoms with Crippen LogP contribution >= 0.6 is 11.6 Å². The fourth-order valence-corrected chi connectivity index (χ4v) is 2.47. The Labute approximate surface area is 150 Å². The van der Waals surface area contributed by atoms with Gasteiger partial charge in [-0.3, -0.25) is 4.79 Å². The van der Waals surface area contributed by atoms with Gasteiger partial charge in [0.25, 0.3) is 0 Å². The van der Waals surface area contributed by atoms with Crippen LogP contribution in [0, 0.1) is 0 Å². The molecule has 3 aromatic rings. The Morgan fingerprint density at radius 2 is 1.96 bits per heavy atom. The van der Waals surface area contributed by atoms with Crippen molar-refractivity contribution in [3.05, 3.63) is 77.2 Å². The topological polar surface area (TPSA) is 69.0 Å². The first-order valence-corrected chi connectivity index (χ1v) is 8.13.